The standard InChI is InChI=1S/C8H8Cl2FN5/c9-5-3(11)1-2-4(6(5)10)15-8(14)16-7(12)13/h1-2H,(H6,12,13,14,15,16). The first-order chi connectivity index (χ1) is 7.41. The molecule has 0 amide bonds. The number of benzene rings is 1. The van der Waals surface area contributed by atoms with Crippen molar-refractivity contribution in [1.82, 2.24) is 0 Å². The number of halogens is 3. The van der Waals surface area contributed by atoms with Crippen LogP contribution in [0.5, 0.6) is 0 Å². The average molecular weight is 264 g/mol. The van der Waals surface area contributed by atoms with E-state index in [1.165, 1.54) is 6.07 Å². The van der Waals surface area contributed by atoms with E-state index in [9.17, 15) is 4.39 Å². The number of nitrogens with zero attached hydrogens (tertiary/aromatic N) is 2. The van der Waals surface area contributed by atoms with E-state index in [1.807, 2.05) is 0 Å². The maximum Gasteiger partial charge on any atom is 0.223 e. The van der Waals surface area contributed by atoms with Gasteiger partial charge in [-0.15, -0.1) is 0 Å². The zero-order valence-corrected chi connectivity index (χ0v) is 9.43. The number of hydrogen-bond acceptors (Lipinski definition) is 1. The third-order valence-electron chi connectivity index (χ3n) is 1.49. The summed E-state index contributed by atoms with van der Waals surface area (Å²) in [7, 11) is 0. The summed E-state index contributed by atoms with van der Waals surface area (Å²) in [4.78, 5) is 7.23. The lowest BCUT2D eigenvalue weighted by atomic mass is 10.3. The molecule has 0 radical (unpaired) electrons. The number of rotatable bonds is 1. The molecule has 0 bridgehead atoms. The molecule has 6 N–H and O–H groups in total. The van der Waals surface area contributed by atoms with E-state index in [2.05, 4.69) is 9.98 Å². The van der Waals surface area contributed by atoms with E-state index in [-0.39, 0.29) is 27.7 Å². The summed E-state index contributed by atoms with van der Waals surface area (Å²) in [5, 5.41) is -0.296. The molecule has 0 aliphatic carbocycles. The normalized spacial score (nSPS) is 11.3. The highest BCUT2D eigenvalue weighted by Crippen LogP contribution is 2.33. The molecule has 0 aliphatic heterocycles. The Morgan fingerprint density at radius 2 is 1.75 bits per heavy atom. The lowest BCUT2D eigenvalue weighted by Crippen LogP contribution is -2.26. The molecule has 0 atom stereocenters. The van der Waals surface area contributed by atoms with Gasteiger partial charge >= 0.3 is 0 Å². The fraction of sp³-hybridized carbons (Fsp3) is 0. The summed E-state index contributed by atoms with van der Waals surface area (Å²) in [6, 6.07) is 2.41. The predicted molar refractivity (Wildman–Crippen MR) is 63.5 cm³/mol. The summed E-state index contributed by atoms with van der Waals surface area (Å²) in [5.74, 6) is -1.10. The van der Waals surface area contributed by atoms with Crippen molar-refractivity contribution in [3.63, 3.8) is 0 Å². The largest absolute Gasteiger partial charge is 0.370 e. The molecule has 8 heteroatoms. The fourth-order valence-electron chi connectivity index (χ4n) is 0.883. The number of guanidine groups is 2. The quantitative estimate of drug-likeness (QED) is 0.405. The highest BCUT2D eigenvalue weighted by Gasteiger charge is 2.09. The van der Waals surface area contributed by atoms with Crippen LogP contribution in [0.3, 0.4) is 0 Å². The Labute approximate surface area is 101 Å². The van der Waals surface area contributed by atoms with E-state index in [0.717, 1.165) is 6.07 Å². The molecule has 5 nitrogen and oxygen atoms in total. The van der Waals surface area contributed by atoms with E-state index in [1.54, 1.807) is 0 Å². The van der Waals surface area contributed by atoms with Crippen molar-refractivity contribution in [1.29, 1.82) is 0 Å². The maximum absolute atomic E-state index is 12.9. The Morgan fingerprint density at radius 1 is 1.12 bits per heavy atom. The molecule has 16 heavy (non-hydrogen) atoms. The number of nitrogens with two attached hydrogens (primary N) is 3. The first kappa shape index (κ1) is 12.5. The lowest BCUT2D eigenvalue weighted by Gasteiger charge is -2.02. The summed E-state index contributed by atoms with van der Waals surface area (Å²) < 4.78 is 12.9. The van der Waals surface area contributed by atoms with Crippen molar-refractivity contribution in [2.75, 3.05) is 0 Å². The van der Waals surface area contributed by atoms with Gasteiger partial charge in [0.2, 0.25) is 5.96 Å². The monoisotopic (exact) mass is 263 g/mol. The molecular formula is C8H8Cl2FN5. The van der Waals surface area contributed by atoms with Crippen LogP contribution in [0.25, 0.3) is 0 Å². The summed E-state index contributed by atoms with van der Waals surface area (Å²) >= 11 is 11.3. The summed E-state index contributed by atoms with van der Waals surface area (Å²) in [5.41, 5.74) is 15.7. The first-order valence-corrected chi connectivity index (χ1v) is 4.74. The van der Waals surface area contributed by atoms with Gasteiger partial charge in [-0.3, -0.25) is 0 Å². The van der Waals surface area contributed by atoms with Gasteiger partial charge in [0.25, 0.3) is 0 Å². The van der Waals surface area contributed by atoms with Gasteiger partial charge in [-0.05, 0) is 12.1 Å². The number of hydrogen-bond donors (Lipinski definition) is 3. The second kappa shape index (κ2) is 5.00. The highest BCUT2D eigenvalue weighted by atomic mass is 35.5. The Morgan fingerprint density at radius 3 is 2.31 bits per heavy atom. The smallest absolute Gasteiger partial charge is 0.223 e. The van der Waals surface area contributed by atoms with Gasteiger partial charge in [0.15, 0.2) is 5.96 Å². The van der Waals surface area contributed by atoms with E-state index < -0.39 is 5.82 Å². The molecule has 1 aromatic rings. The van der Waals surface area contributed by atoms with Gasteiger partial charge in [-0.25, -0.2) is 9.38 Å². The highest BCUT2D eigenvalue weighted by molar-refractivity contribution is 6.43. The molecule has 0 heterocycles. The molecule has 0 unspecified atom stereocenters. The van der Waals surface area contributed by atoms with Crippen LogP contribution in [0.2, 0.25) is 10.0 Å². The minimum atomic E-state index is -0.647. The van der Waals surface area contributed by atoms with Crippen LogP contribution >= 0.6 is 23.2 Å². The SMILES string of the molecule is NC(N)=NC(N)=Nc1ccc(F)c(Cl)c1Cl. The van der Waals surface area contributed by atoms with Gasteiger partial charge in [-0.1, -0.05) is 23.2 Å². The second-order valence-electron chi connectivity index (χ2n) is 2.70. The van der Waals surface area contributed by atoms with Crippen LogP contribution < -0.4 is 17.2 Å². The molecule has 86 valence electrons. The topological polar surface area (TPSA) is 103 Å². The molecule has 0 saturated carbocycles. The van der Waals surface area contributed by atoms with Crippen LogP contribution in [0.4, 0.5) is 10.1 Å². The molecule has 0 saturated heterocycles. The minimum absolute atomic E-state index is 0.0598. The molecule has 1 rings (SSSR count). The Kier molecular flexibility index (Phi) is 3.92. The average Bonchev–Trinajstić information content (AvgIpc) is 2.18. The molecular weight excluding hydrogens is 256 g/mol. The van der Waals surface area contributed by atoms with E-state index in [0.29, 0.717) is 0 Å². The van der Waals surface area contributed by atoms with Gasteiger partial charge in [0, 0.05) is 0 Å². The van der Waals surface area contributed by atoms with Crippen molar-refractivity contribution in [3.05, 3.63) is 28.0 Å². The van der Waals surface area contributed by atoms with Crippen LogP contribution in [-0.4, -0.2) is 11.9 Å². The third kappa shape index (κ3) is 2.98. The van der Waals surface area contributed by atoms with Crippen LogP contribution in [0.15, 0.2) is 22.1 Å². The molecule has 0 fully saturated rings. The van der Waals surface area contributed by atoms with Crippen molar-refractivity contribution < 1.29 is 4.39 Å². The van der Waals surface area contributed by atoms with Crippen LogP contribution in [-0.2, 0) is 0 Å². The number of aliphatic imine (C=N–C) groups is 2. The summed E-state index contributed by atoms with van der Waals surface area (Å²) in [6.45, 7) is 0. The van der Waals surface area contributed by atoms with Gasteiger partial charge in [-0.2, -0.15) is 4.99 Å². The van der Waals surface area contributed by atoms with Gasteiger partial charge < -0.3 is 17.2 Å². The van der Waals surface area contributed by atoms with Crippen molar-refractivity contribution >= 4 is 40.8 Å². The fourth-order valence-corrected chi connectivity index (χ4v) is 1.24. The minimum Gasteiger partial charge on any atom is -0.370 e. The zero-order chi connectivity index (χ0) is 12.3. The van der Waals surface area contributed by atoms with Crippen LogP contribution in [0, 0.1) is 5.82 Å². The molecule has 0 spiro atoms. The van der Waals surface area contributed by atoms with Gasteiger partial charge in [0.05, 0.1) is 15.7 Å². The second-order valence-corrected chi connectivity index (χ2v) is 3.46. The molecule has 1 aromatic carbocycles. The van der Waals surface area contributed by atoms with Crippen molar-refractivity contribution in [2.24, 2.45) is 27.2 Å². The van der Waals surface area contributed by atoms with E-state index in [4.69, 9.17) is 40.4 Å². The first-order valence-electron chi connectivity index (χ1n) is 3.99. The van der Waals surface area contributed by atoms with Gasteiger partial charge in [0.1, 0.15) is 5.82 Å². The van der Waals surface area contributed by atoms with Crippen molar-refractivity contribution in [2.45, 2.75) is 0 Å². The van der Waals surface area contributed by atoms with E-state index >= 15 is 0 Å². The Hall–Kier alpha value is -1.53. The van der Waals surface area contributed by atoms with Crippen molar-refractivity contribution in [3.8, 4) is 0 Å². The summed E-state index contributed by atoms with van der Waals surface area (Å²) in [6.07, 6.45) is 0. The lowest BCUT2D eigenvalue weighted by molar-refractivity contribution is 0.628. The Bertz CT molecular complexity index is 468. The third-order valence-corrected chi connectivity index (χ3v) is 2.34. The van der Waals surface area contributed by atoms with Crippen LogP contribution in [0.1, 0.15) is 0 Å². The predicted octanol–water partition coefficient (Wildman–Crippen LogP) is 1.35. The Balaban J connectivity index is 3.17. The zero-order valence-electron chi connectivity index (χ0n) is 7.92. The molecule has 0 aliphatic rings. The maximum atomic E-state index is 12.9. The molecule has 0 aromatic heterocycles.